The summed E-state index contributed by atoms with van der Waals surface area (Å²) in [5.41, 5.74) is 0. The average Bonchev–Trinajstić information content (AvgIpc) is 1.87. The van der Waals surface area contributed by atoms with E-state index < -0.39 is 11.9 Å². The first-order chi connectivity index (χ1) is 4.22. The Morgan fingerprint density at radius 3 is 2.89 bits per heavy atom. The maximum Gasteiger partial charge on any atom is 0.165 e. The minimum absolute atomic E-state index is 0.546. The monoisotopic (exact) mass is 128 g/mol. The highest BCUT2D eigenvalue weighted by Crippen LogP contribution is 2.03. The Morgan fingerprint density at radius 2 is 2.56 bits per heavy atom. The molecule has 0 aliphatic rings. The fourth-order valence-electron chi connectivity index (χ4n) is 0.386. The second-order valence-corrected chi connectivity index (χ2v) is 1.57. The predicted octanol–water partition coefficient (Wildman–Crippen LogP) is 1.24. The molecule has 0 spiro atoms. The minimum Gasteiger partial charge on any atom is -0.374 e. The van der Waals surface area contributed by atoms with Crippen LogP contribution in [0, 0.1) is 12.3 Å². The standard InChI is InChI=1S/C7H9FO/c1-3-5-6(8)7(9)4-2/h2,5,7,9H,3H2,1H3. The highest BCUT2D eigenvalue weighted by molar-refractivity contribution is 5.11. The van der Waals surface area contributed by atoms with Crippen molar-refractivity contribution >= 4 is 0 Å². The molecular formula is C7H9FO. The van der Waals surface area contributed by atoms with Crippen molar-refractivity contribution in [1.29, 1.82) is 0 Å². The van der Waals surface area contributed by atoms with E-state index in [1.165, 1.54) is 6.08 Å². The van der Waals surface area contributed by atoms with Gasteiger partial charge in [0, 0.05) is 0 Å². The Labute approximate surface area is 54.2 Å². The normalized spacial score (nSPS) is 14.7. The molecule has 2 heteroatoms. The quantitative estimate of drug-likeness (QED) is 0.555. The Kier molecular flexibility index (Phi) is 3.74. The third kappa shape index (κ3) is 2.89. The molecule has 1 unspecified atom stereocenters. The van der Waals surface area contributed by atoms with Crippen LogP contribution in [0.5, 0.6) is 0 Å². The predicted molar refractivity (Wildman–Crippen MR) is 34.3 cm³/mol. The third-order valence-corrected chi connectivity index (χ3v) is 0.818. The van der Waals surface area contributed by atoms with Crippen molar-refractivity contribution in [3.05, 3.63) is 11.9 Å². The van der Waals surface area contributed by atoms with Gasteiger partial charge in [-0.1, -0.05) is 12.8 Å². The lowest BCUT2D eigenvalue weighted by Crippen LogP contribution is -2.02. The SMILES string of the molecule is C#CC(O)C(F)=CCC. The van der Waals surface area contributed by atoms with Crippen molar-refractivity contribution in [2.24, 2.45) is 0 Å². The molecule has 1 atom stereocenters. The maximum absolute atomic E-state index is 12.3. The Morgan fingerprint density at radius 1 is 2.00 bits per heavy atom. The van der Waals surface area contributed by atoms with E-state index in [2.05, 4.69) is 0 Å². The van der Waals surface area contributed by atoms with Gasteiger partial charge in [0.2, 0.25) is 0 Å². The lowest BCUT2D eigenvalue weighted by atomic mass is 10.3. The molecule has 0 heterocycles. The van der Waals surface area contributed by atoms with E-state index in [0.717, 1.165) is 0 Å². The van der Waals surface area contributed by atoms with Crippen molar-refractivity contribution in [1.82, 2.24) is 0 Å². The second kappa shape index (κ2) is 4.11. The molecule has 0 aromatic heterocycles. The third-order valence-electron chi connectivity index (χ3n) is 0.818. The smallest absolute Gasteiger partial charge is 0.165 e. The van der Waals surface area contributed by atoms with E-state index in [1.807, 2.05) is 5.92 Å². The number of rotatable bonds is 2. The highest BCUT2D eigenvalue weighted by Gasteiger charge is 2.02. The van der Waals surface area contributed by atoms with Crippen LogP contribution in [0.15, 0.2) is 11.9 Å². The van der Waals surface area contributed by atoms with E-state index in [4.69, 9.17) is 11.5 Å². The molecule has 9 heavy (non-hydrogen) atoms. The molecule has 0 fully saturated rings. The number of hydrogen-bond acceptors (Lipinski definition) is 1. The van der Waals surface area contributed by atoms with Crippen LogP contribution in [0.1, 0.15) is 13.3 Å². The minimum atomic E-state index is -1.36. The van der Waals surface area contributed by atoms with Gasteiger partial charge in [-0.15, -0.1) is 6.42 Å². The first kappa shape index (κ1) is 8.19. The van der Waals surface area contributed by atoms with Gasteiger partial charge in [0.25, 0.3) is 0 Å². The molecule has 1 N–H and O–H groups in total. The summed E-state index contributed by atoms with van der Waals surface area (Å²) in [6.45, 7) is 1.77. The molecular weight excluding hydrogens is 119 g/mol. The molecule has 0 bridgehead atoms. The molecule has 0 aromatic carbocycles. The van der Waals surface area contributed by atoms with Crippen molar-refractivity contribution < 1.29 is 9.50 Å². The van der Waals surface area contributed by atoms with E-state index in [0.29, 0.717) is 6.42 Å². The van der Waals surface area contributed by atoms with E-state index in [9.17, 15) is 4.39 Å². The molecule has 50 valence electrons. The average molecular weight is 128 g/mol. The zero-order valence-corrected chi connectivity index (χ0v) is 5.26. The molecule has 0 aliphatic carbocycles. The molecule has 0 rings (SSSR count). The summed E-state index contributed by atoms with van der Waals surface area (Å²) >= 11 is 0. The number of hydrogen-bond donors (Lipinski definition) is 1. The Balaban J connectivity index is 3.89. The van der Waals surface area contributed by atoms with Gasteiger partial charge >= 0.3 is 0 Å². The summed E-state index contributed by atoms with van der Waals surface area (Å²) in [6.07, 6.45) is 5.17. The number of allylic oxidation sites excluding steroid dienone is 1. The summed E-state index contributed by atoms with van der Waals surface area (Å²) in [6, 6.07) is 0. The van der Waals surface area contributed by atoms with Gasteiger partial charge in [-0.3, -0.25) is 0 Å². The summed E-state index contributed by atoms with van der Waals surface area (Å²) in [5, 5.41) is 8.58. The van der Waals surface area contributed by atoms with Crippen molar-refractivity contribution in [2.75, 3.05) is 0 Å². The van der Waals surface area contributed by atoms with Gasteiger partial charge in [0.1, 0.15) is 5.83 Å². The number of terminal acetylenes is 1. The number of aliphatic hydroxyl groups excluding tert-OH is 1. The molecule has 0 radical (unpaired) electrons. The fourth-order valence-corrected chi connectivity index (χ4v) is 0.386. The lowest BCUT2D eigenvalue weighted by Gasteiger charge is -1.96. The first-order valence-corrected chi connectivity index (χ1v) is 2.72. The number of aliphatic hydroxyl groups is 1. The highest BCUT2D eigenvalue weighted by atomic mass is 19.1. The molecule has 0 saturated heterocycles. The fraction of sp³-hybridized carbons (Fsp3) is 0.429. The van der Waals surface area contributed by atoms with Crippen LogP contribution in [-0.4, -0.2) is 11.2 Å². The van der Waals surface area contributed by atoms with Gasteiger partial charge in [-0.05, 0) is 12.5 Å². The van der Waals surface area contributed by atoms with Gasteiger partial charge < -0.3 is 5.11 Å². The van der Waals surface area contributed by atoms with Crippen LogP contribution in [0.2, 0.25) is 0 Å². The van der Waals surface area contributed by atoms with Crippen LogP contribution in [-0.2, 0) is 0 Å². The van der Waals surface area contributed by atoms with Crippen molar-refractivity contribution in [3.63, 3.8) is 0 Å². The van der Waals surface area contributed by atoms with E-state index >= 15 is 0 Å². The Bertz CT molecular complexity index is 143. The van der Waals surface area contributed by atoms with Gasteiger partial charge in [-0.25, -0.2) is 4.39 Å². The van der Waals surface area contributed by atoms with Crippen LogP contribution < -0.4 is 0 Å². The lowest BCUT2D eigenvalue weighted by molar-refractivity contribution is 0.236. The van der Waals surface area contributed by atoms with Crippen LogP contribution >= 0.6 is 0 Å². The molecule has 0 aromatic rings. The van der Waals surface area contributed by atoms with Gasteiger partial charge in [0.15, 0.2) is 6.10 Å². The van der Waals surface area contributed by atoms with E-state index in [-0.39, 0.29) is 0 Å². The van der Waals surface area contributed by atoms with Crippen molar-refractivity contribution in [3.8, 4) is 12.3 Å². The summed E-state index contributed by atoms with van der Waals surface area (Å²) in [4.78, 5) is 0. The Hall–Kier alpha value is -0.810. The van der Waals surface area contributed by atoms with E-state index in [1.54, 1.807) is 6.92 Å². The van der Waals surface area contributed by atoms with Gasteiger partial charge in [-0.2, -0.15) is 0 Å². The molecule has 1 nitrogen and oxygen atoms in total. The number of halogens is 1. The molecule has 0 amide bonds. The largest absolute Gasteiger partial charge is 0.374 e. The molecule has 0 saturated carbocycles. The summed E-state index contributed by atoms with van der Waals surface area (Å²) < 4.78 is 12.3. The van der Waals surface area contributed by atoms with Gasteiger partial charge in [0.05, 0.1) is 0 Å². The zero-order chi connectivity index (χ0) is 7.28. The van der Waals surface area contributed by atoms with Crippen molar-refractivity contribution in [2.45, 2.75) is 19.4 Å². The topological polar surface area (TPSA) is 20.2 Å². The zero-order valence-electron chi connectivity index (χ0n) is 5.26. The van der Waals surface area contributed by atoms with Crippen LogP contribution in [0.3, 0.4) is 0 Å². The molecule has 0 aliphatic heterocycles. The first-order valence-electron chi connectivity index (χ1n) is 2.72. The van der Waals surface area contributed by atoms with Crippen LogP contribution in [0.4, 0.5) is 4.39 Å². The summed E-state index contributed by atoms with van der Waals surface area (Å²) in [7, 11) is 0. The second-order valence-electron chi connectivity index (χ2n) is 1.57. The maximum atomic E-state index is 12.3. The van der Waals surface area contributed by atoms with Crippen LogP contribution in [0.25, 0.3) is 0 Å². The summed E-state index contributed by atoms with van der Waals surface area (Å²) in [5.74, 6) is 1.22.